The van der Waals surface area contributed by atoms with E-state index in [0.29, 0.717) is 24.4 Å². The fraction of sp³-hybridized carbons (Fsp3) is 0.607. The summed E-state index contributed by atoms with van der Waals surface area (Å²) in [5.74, 6) is 0.568. The van der Waals surface area contributed by atoms with Crippen molar-refractivity contribution in [3.63, 3.8) is 0 Å². The Kier molecular flexibility index (Phi) is 7.28. The van der Waals surface area contributed by atoms with Crippen LogP contribution in [0.2, 0.25) is 0 Å². The van der Waals surface area contributed by atoms with Gasteiger partial charge in [0.15, 0.2) is 0 Å². The van der Waals surface area contributed by atoms with Gasteiger partial charge < -0.3 is 15.3 Å². The van der Waals surface area contributed by atoms with Crippen molar-refractivity contribution in [1.29, 1.82) is 0 Å². The van der Waals surface area contributed by atoms with E-state index in [2.05, 4.69) is 52.3 Å². The van der Waals surface area contributed by atoms with Gasteiger partial charge in [-0.3, -0.25) is 14.3 Å². The van der Waals surface area contributed by atoms with Gasteiger partial charge >= 0.3 is 0 Å². The molecule has 0 radical (unpaired) electrons. The van der Waals surface area contributed by atoms with Crippen molar-refractivity contribution in [2.45, 2.75) is 70.6 Å². The van der Waals surface area contributed by atoms with Crippen molar-refractivity contribution in [3.05, 3.63) is 40.3 Å². The van der Waals surface area contributed by atoms with E-state index in [1.54, 1.807) is 0 Å². The van der Waals surface area contributed by atoms with Gasteiger partial charge in [0.2, 0.25) is 5.95 Å². The summed E-state index contributed by atoms with van der Waals surface area (Å²) in [5.41, 5.74) is 1.22. The molecule has 2 N–H and O–H groups in total. The topological polar surface area (TPSA) is 86.5 Å². The maximum atomic E-state index is 14.1. The van der Waals surface area contributed by atoms with E-state index in [4.69, 9.17) is 4.98 Å². The molecule has 0 amide bonds. The number of hydrogen-bond donors (Lipinski definition) is 2. The number of aliphatic hydroxyl groups is 1. The van der Waals surface area contributed by atoms with E-state index >= 15 is 0 Å². The van der Waals surface area contributed by atoms with Crippen LogP contribution in [0.3, 0.4) is 0 Å². The number of benzene rings is 1. The van der Waals surface area contributed by atoms with Gasteiger partial charge in [-0.05, 0) is 63.1 Å². The molecular formula is C28H40N6O2. The van der Waals surface area contributed by atoms with Crippen molar-refractivity contribution in [3.8, 4) is 0 Å². The van der Waals surface area contributed by atoms with Crippen LogP contribution in [0.4, 0.5) is 5.95 Å². The normalized spacial score (nSPS) is 23.9. The number of nitrogens with one attached hydrogen (secondary N) is 1. The Labute approximate surface area is 213 Å². The number of pyridine rings is 1. The Morgan fingerprint density at radius 2 is 1.86 bits per heavy atom. The van der Waals surface area contributed by atoms with Crippen LogP contribution in [0.15, 0.2) is 29.2 Å². The third-order valence-electron chi connectivity index (χ3n) is 8.03. The van der Waals surface area contributed by atoms with Crippen molar-refractivity contribution in [2.24, 2.45) is 0 Å². The van der Waals surface area contributed by atoms with E-state index < -0.39 is 5.60 Å². The summed E-state index contributed by atoms with van der Waals surface area (Å²) < 4.78 is 1.90. The zero-order valence-corrected chi connectivity index (χ0v) is 22.0. The summed E-state index contributed by atoms with van der Waals surface area (Å²) in [5, 5.41) is 16.4. The number of anilines is 1. The number of nitrogens with zero attached hydrogens (tertiary/aromatic N) is 5. The third-order valence-corrected chi connectivity index (χ3v) is 8.03. The molecular weight excluding hydrogens is 452 g/mol. The molecule has 0 bridgehead atoms. The third kappa shape index (κ3) is 5.26. The summed E-state index contributed by atoms with van der Waals surface area (Å²) in [4.78, 5) is 28.3. The second-order valence-electron chi connectivity index (χ2n) is 11.1. The van der Waals surface area contributed by atoms with E-state index in [-0.39, 0.29) is 11.6 Å². The minimum absolute atomic E-state index is 0.0162. The standard InChI is InChI=1S/C28H40N6O2/c1-4-5-12-29-27-30-18-24-22-7-6-20(19-33-15-13-32(3)14-16-33)17-23(22)26(35)34(25(24)31-27)21-8-10-28(2,36)11-9-21/h6-7,17-18,21,36H,4-5,8-16,19H2,1-3H3,(H,29,30,31)/t21-,28-. The zero-order chi connectivity index (χ0) is 25.3. The molecule has 8 nitrogen and oxygen atoms in total. The summed E-state index contributed by atoms with van der Waals surface area (Å²) >= 11 is 0. The minimum atomic E-state index is -0.662. The molecule has 3 heterocycles. The van der Waals surface area contributed by atoms with Gasteiger partial charge in [-0.25, -0.2) is 4.98 Å². The highest BCUT2D eigenvalue weighted by Crippen LogP contribution is 2.36. The zero-order valence-electron chi connectivity index (χ0n) is 22.0. The van der Waals surface area contributed by atoms with Gasteiger partial charge in [0.25, 0.3) is 5.56 Å². The van der Waals surface area contributed by atoms with Crippen LogP contribution >= 0.6 is 0 Å². The van der Waals surface area contributed by atoms with Crippen LogP contribution in [0.1, 0.15) is 64.0 Å². The predicted molar refractivity (Wildman–Crippen MR) is 146 cm³/mol. The fourth-order valence-corrected chi connectivity index (χ4v) is 5.62. The summed E-state index contributed by atoms with van der Waals surface area (Å²) in [7, 11) is 2.17. The Bertz CT molecular complexity index is 1270. The fourth-order valence-electron chi connectivity index (χ4n) is 5.62. The second kappa shape index (κ2) is 10.4. The van der Waals surface area contributed by atoms with Crippen LogP contribution in [0.5, 0.6) is 0 Å². The van der Waals surface area contributed by atoms with Crippen LogP contribution in [-0.4, -0.2) is 74.8 Å². The molecule has 1 aliphatic heterocycles. The van der Waals surface area contributed by atoms with E-state index in [1.807, 2.05) is 17.7 Å². The number of unbranched alkanes of at least 4 members (excludes halogenated alkanes) is 1. The monoisotopic (exact) mass is 492 g/mol. The molecule has 8 heteroatoms. The first kappa shape index (κ1) is 25.1. The maximum absolute atomic E-state index is 14.1. The molecule has 1 saturated carbocycles. The van der Waals surface area contributed by atoms with Crippen molar-refractivity contribution < 1.29 is 5.11 Å². The molecule has 0 atom stereocenters. The number of fused-ring (bicyclic) bond motifs is 3. The summed E-state index contributed by atoms with van der Waals surface area (Å²) in [6, 6.07) is 6.32. The number of hydrogen-bond acceptors (Lipinski definition) is 7. The first-order chi connectivity index (χ1) is 17.3. The van der Waals surface area contributed by atoms with Crippen LogP contribution in [0, 0.1) is 0 Å². The van der Waals surface area contributed by atoms with Gasteiger partial charge in [0, 0.05) is 62.3 Å². The lowest BCUT2D eigenvalue weighted by atomic mass is 9.83. The second-order valence-corrected chi connectivity index (χ2v) is 11.1. The number of piperazine rings is 1. The number of likely N-dealkylation sites (N-methyl/N-ethyl adjacent to an activating group) is 1. The molecule has 3 aromatic rings. The highest BCUT2D eigenvalue weighted by Gasteiger charge is 2.31. The molecule has 1 aromatic carbocycles. The van der Waals surface area contributed by atoms with Gasteiger partial charge in [-0.1, -0.05) is 25.5 Å². The van der Waals surface area contributed by atoms with Gasteiger partial charge in [0.1, 0.15) is 5.65 Å². The highest BCUT2D eigenvalue weighted by molar-refractivity contribution is 6.04. The quantitative estimate of drug-likeness (QED) is 0.384. The van der Waals surface area contributed by atoms with Crippen molar-refractivity contribution >= 4 is 27.8 Å². The molecule has 36 heavy (non-hydrogen) atoms. The average molecular weight is 493 g/mol. The Balaban J connectivity index is 1.57. The van der Waals surface area contributed by atoms with Gasteiger partial charge in [-0.15, -0.1) is 0 Å². The summed E-state index contributed by atoms with van der Waals surface area (Å²) in [6.45, 7) is 9.94. The first-order valence-electron chi connectivity index (χ1n) is 13.6. The van der Waals surface area contributed by atoms with Gasteiger partial charge in [0.05, 0.1) is 5.60 Å². The molecule has 1 saturated heterocycles. The molecule has 1 aliphatic carbocycles. The molecule has 2 aromatic heterocycles. The molecule has 5 rings (SSSR count). The number of rotatable bonds is 7. The maximum Gasteiger partial charge on any atom is 0.260 e. The van der Waals surface area contributed by atoms with Crippen LogP contribution < -0.4 is 10.9 Å². The van der Waals surface area contributed by atoms with E-state index in [0.717, 1.165) is 81.1 Å². The van der Waals surface area contributed by atoms with Crippen LogP contribution in [0.25, 0.3) is 21.8 Å². The molecule has 2 aliphatic rings. The largest absolute Gasteiger partial charge is 0.390 e. The van der Waals surface area contributed by atoms with Crippen molar-refractivity contribution in [1.82, 2.24) is 24.3 Å². The average Bonchev–Trinajstić information content (AvgIpc) is 2.86. The van der Waals surface area contributed by atoms with E-state index in [9.17, 15) is 9.90 Å². The SMILES string of the molecule is CCCCNc1ncc2c3ccc(CN4CCN(C)CC4)cc3c(=O)n([C@H]3CC[C@](C)(O)CC3)c2n1. The molecule has 0 spiro atoms. The minimum Gasteiger partial charge on any atom is -0.390 e. The number of aromatic nitrogens is 3. The lowest BCUT2D eigenvalue weighted by molar-refractivity contribution is 0.0100. The van der Waals surface area contributed by atoms with Crippen molar-refractivity contribution in [2.75, 3.05) is 45.1 Å². The highest BCUT2D eigenvalue weighted by atomic mass is 16.3. The summed E-state index contributed by atoms with van der Waals surface area (Å²) in [6.07, 6.45) is 6.88. The Morgan fingerprint density at radius 3 is 2.58 bits per heavy atom. The predicted octanol–water partition coefficient (Wildman–Crippen LogP) is 3.77. The van der Waals surface area contributed by atoms with Crippen LogP contribution in [-0.2, 0) is 6.54 Å². The lowest BCUT2D eigenvalue weighted by Crippen LogP contribution is -2.43. The molecule has 2 fully saturated rings. The molecule has 0 unspecified atom stereocenters. The smallest absolute Gasteiger partial charge is 0.260 e. The Hall–Kier alpha value is -2.55. The first-order valence-corrected chi connectivity index (χ1v) is 13.6. The lowest BCUT2D eigenvalue weighted by Gasteiger charge is -2.34. The van der Waals surface area contributed by atoms with E-state index in [1.165, 1.54) is 5.56 Å². The Morgan fingerprint density at radius 1 is 1.11 bits per heavy atom. The molecule has 194 valence electrons. The van der Waals surface area contributed by atoms with Gasteiger partial charge in [-0.2, -0.15) is 4.98 Å².